The monoisotopic (exact) mass is 635 g/mol. The summed E-state index contributed by atoms with van der Waals surface area (Å²) in [6.07, 6.45) is 52.2. The summed E-state index contributed by atoms with van der Waals surface area (Å²) in [5.74, 6) is -1.49. The van der Waals surface area contributed by atoms with E-state index in [9.17, 15) is 9.59 Å². The van der Waals surface area contributed by atoms with Crippen LogP contribution in [0.2, 0.25) is 0 Å². The molecular weight excluding hydrogens is 556 g/mol. The van der Waals surface area contributed by atoms with Crippen molar-refractivity contribution in [2.45, 2.75) is 238 Å². The molecule has 0 radical (unpaired) electrons. The van der Waals surface area contributed by atoms with Crippen molar-refractivity contribution in [1.82, 2.24) is 0 Å². The second-order valence-electron chi connectivity index (χ2n) is 14.0. The lowest BCUT2D eigenvalue weighted by molar-refractivity contribution is -0.137. The summed E-state index contributed by atoms with van der Waals surface area (Å²) in [6.45, 7) is 0. The molecule has 0 spiro atoms. The maximum Gasteiger partial charge on any atom is 0.327 e. The topological polar surface area (TPSA) is 74.6 Å². The highest BCUT2D eigenvalue weighted by Crippen LogP contribution is 2.17. The largest absolute Gasteiger partial charge is 0.481 e. The lowest BCUT2D eigenvalue weighted by Crippen LogP contribution is -1.93. The number of unbranched alkanes of at least 4 members (excludes halogenated alkanes) is 35. The van der Waals surface area contributed by atoms with Gasteiger partial charge in [0.1, 0.15) is 0 Å². The zero-order chi connectivity index (χ0) is 32.7. The molecule has 0 aliphatic rings. The van der Waals surface area contributed by atoms with E-state index in [4.69, 9.17) is 10.2 Å². The standard InChI is InChI=1S/C41H78O4/c42-40(43)38-36-34-32-30-28-26-24-22-20-18-16-14-12-10-8-6-4-2-1-3-5-7-9-11-13-15-17-19-21-23-25-27-29-31-33-35-37-39-41(44)45/h36,38H,1-35,37,39H2,(H,42,43)(H,44,45). The van der Waals surface area contributed by atoms with Gasteiger partial charge in [0.15, 0.2) is 0 Å². The summed E-state index contributed by atoms with van der Waals surface area (Å²) >= 11 is 0. The molecule has 0 heterocycles. The normalized spacial score (nSPS) is 11.6. The number of aliphatic carboxylic acids is 2. The maximum atomic E-state index is 10.5. The van der Waals surface area contributed by atoms with Crippen LogP contribution in [0.5, 0.6) is 0 Å². The van der Waals surface area contributed by atoms with E-state index in [0.29, 0.717) is 6.42 Å². The molecule has 266 valence electrons. The zero-order valence-electron chi connectivity index (χ0n) is 30.0. The van der Waals surface area contributed by atoms with E-state index < -0.39 is 11.9 Å². The van der Waals surface area contributed by atoms with Gasteiger partial charge in [-0.25, -0.2) is 4.79 Å². The summed E-state index contributed by atoms with van der Waals surface area (Å²) in [5, 5.41) is 17.2. The fraction of sp³-hybridized carbons (Fsp3) is 0.902. The quantitative estimate of drug-likeness (QED) is 0.0521. The minimum absolute atomic E-state index is 0.340. The number of hydrogen-bond acceptors (Lipinski definition) is 2. The van der Waals surface area contributed by atoms with Crippen LogP contribution in [0.15, 0.2) is 12.2 Å². The van der Waals surface area contributed by atoms with Crippen molar-refractivity contribution in [3.05, 3.63) is 12.2 Å². The van der Waals surface area contributed by atoms with E-state index in [0.717, 1.165) is 25.7 Å². The van der Waals surface area contributed by atoms with Crippen LogP contribution in [-0.2, 0) is 9.59 Å². The second kappa shape index (κ2) is 38.9. The lowest BCUT2D eigenvalue weighted by Gasteiger charge is -2.05. The average Bonchev–Trinajstić information content (AvgIpc) is 3.02. The van der Waals surface area contributed by atoms with Crippen molar-refractivity contribution in [3.8, 4) is 0 Å². The molecule has 0 bridgehead atoms. The zero-order valence-corrected chi connectivity index (χ0v) is 30.0. The fourth-order valence-electron chi connectivity index (χ4n) is 6.56. The van der Waals surface area contributed by atoms with Gasteiger partial charge in [-0.2, -0.15) is 0 Å². The van der Waals surface area contributed by atoms with E-state index in [1.807, 2.05) is 0 Å². The third-order valence-corrected chi connectivity index (χ3v) is 9.52. The molecule has 0 saturated heterocycles. The Bertz CT molecular complexity index is 629. The Labute approximate surface area is 281 Å². The lowest BCUT2D eigenvalue weighted by atomic mass is 10.0. The van der Waals surface area contributed by atoms with Gasteiger partial charge in [-0.05, 0) is 19.3 Å². The summed E-state index contributed by atoms with van der Waals surface area (Å²) in [4.78, 5) is 20.9. The first-order chi connectivity index (χ1) is 22.1. The Balaban J connectivity index is 3.06. The van der Waals surface area contributed by atoms with E-state index in [1.165, 1.54) is 212 Å². The van der Waals surface area contributed by atoms with E-state index in [-0.39, 0.29) is 0 Å². The van der Waals surface area contributed by atoms with Crippen molar-refractivity contribution in [2.24, 2.45) is 0 Å². The van der Waals surface area contributed by atoms with Crippen LogP contribution in [-0.4, -0.2) is 22.2 Å². The van der Waals surface area contributed by atoms with Crippen LogP contribution in [0, 0.1) is 0 Å². The number of carboxylic acid groups (broad SMARTS) is 2. The molecule has 45 heavy (non-hydrogen) atoms. The molecular formula is C41H78O4. The smallest absolute Gasteiger partial charge is 0.327 e. The Morgan fingerprint density at radius 2 is 0.511 bits per heavy atom. The molecule has 2 N–H and O–H groups in total. The minimum Gasteiger partial charge on any atom is -0.481 e. The second-order valence-corrected chi connectivity index (χ2v) is 14.0. The van der Waals surface area contributed by atoms with Crippen LogP contribution in [0.1, 0.15) is 238 Å². The molecule has 0 aromatic carbocycles. The number of carboxylic acids is 2. The van der Waals surface area contributed by atoms with Gasteiger partial charge in [-0.15, -0.1) is 0 Å². The molecule has 0 rings (SSSR count). The molecule has 4 nitrogen and oxygen atoms in total. The van der Waals surface area contributed by atoms with Crippen LogP contribution in [0.4, 0.5) is 0 Å². The maximum absolute atomic E-state index is 10.5. The van der Waals surface area contributed by atoms with Gasteiger partial charge in [-0.3, -0.25) is 4.79 Å². The first-order valence-corrected chi connectivity index (χ1v) is 20.2. The van der Waals surface area contributed by atoms with Gasteiger partial charge in [0.25, 0.3) is 0 Å². The molecule has 0 unspecified atom stereocenters. The van der Waals surface area contributed by atoms with Gasteiger partial charge in [-0.1, -0.05) is 218 Å². The number of hydrogen-bond donors (Lipinski definition) is 2. The van der Waals surface area contributed by atoms with Crippen LogP contribution in [0.25, 0.3) is 0 Å². The summed E-state index contributed by atoms with van der Waals surface area (Å²) in [7, 11) is 0. The van der Waals surface area contributed by atoms with Crippen LogP contribution < -0.4 is 0 Å². The third kappa shape index (κ3) is 42.7. The fourth-order valence-corrected chi connectivity index (χ4v) is 6.56. The Hall–Kier alpha value is -1.32. The minimum atomic E-state index is -0.833. The number of allylic oxidation sites excluding steroid dienone is 1. The van der Waals surface area contributed by atoms with Crippen molar-refractivity contribution < 1.29 is 19.8 Å². The van der Waals surface area contributed by atoms with E-state index >= 15 is 0 Å². The van der Waals surface area contributed by atoms with Crippen molar-refractivity contribution in [3.63, 3.8) is 0 Å². The molecule has 0 saturated carbocycles. The van der Waals surface area contributed by atoms with Gasteiger partial charge >= 0.3 is 11.9 Å². The Morgan fingerprint density at radius 1 is 0.311 bits per heavy atom. The Morgan fingerprint density at radius 3 is 0.711 bits per heavy atom. The van der Waals surface area contributed by atoms with Crippen molar-refractivity contribution in [1.29, 1.82) is 0 Å². The van der Waals surface area contributed by atoms with Gasteiger partial charge in [0.2, 0.25) is 0 Å². The molecule has 0 fully saturated rings. The van der Waals surface area contributed by atoms with Crippen molar-refractivity contribution in [2.75, 3.05) is 0 Å². The van der Waals surface area contributed by atoms with E-state index in [1.54, 1.807) is 6.08 Å². The molecule has 0 aromatic heterocycles. The average molecular weight is 635 g/mol. The molecule has 4 heteroatoms. The predicted molar refractivity (Wildman–Crippen MR) is 195 cm³/mol. The highest BCUT2D eigenvalue weighted by Gasteiger charge is 1.99. The molecule has 0 aliphatic carbocycles. The first kappa shape index (κ1) is 43.7. The number of rotatable bonds is 39. The Kier molecular flexibility index (Phi) is 37.7. The molecule has 0 amide bonds. The van der Waals surface area contributed by atoms with Crippen LogP contribution in [0.3, 0.4) is 0 Å². The highest BCUT2D eigenvalue weighted by molar-refractivity contribution is 5.79. The van der Waals surface area contributed by atoms with Crippen LogP contribution >= 0.6 is 0 Å². The van der Waals surface area contributed by atoms with Crippen molar-refractivity contribution >= 4 is 11.9 Å². The van der Waals surface area contributed by atoms with Gasteiger partial charge in [0.05, 0.1) is 0 Å². The molecule has 0 aromatic rings. The highest BCUT2D eigenvalue weighted by atomic mass is 16.4. The SMILES string of the molecule is O=C(O)C=CCCCCCCCCCCCCCCCCCCCCCCCCCCCCCCCCCCCCCC(=O)O. The number of carbonyl (C=O) groups is 2. The molecule has 0 atom stereocenters. The first-order valence-electron chi connectivity index (χ1n) is 20.2. The third-order valence-electron chi connectivity index (χ3n) is 9.52. The van der Waals surface area contributed by atoms with E-state index in [2.05, 4.69) is 0 Å². The summed E-state index contributed by atoms with van der Waals surface area (Å²) in [5.41, 5.74) is 0. The summed E-state index contributed by atoms with van der Waals surface area (Å²) in [6, 6.07) is 0. The molecule has 0 aliphatic heterocycles. The summed E-state index contributed by atoms with van der Waals surface area (Å²) < 4.78 is 0. The predicted octanol–water partition coefficient (Wildman–Crippen LogP) is 14.1. The van der Waals surface area contributed by atoms with Gasteiger partial charge in [0, 0.05) is 12.5 Å². The van der Waals surface area contributed by atoms with Gasteiger partial charge < -0.3 is 10.2 Å².